The van der Waals surface area contributed by atoms with Crippen molar-refractivity contribution in [3.8, 4) is 0 Å². The molecular formula is C4H5NO. The van der Waals surface area contributed by atoms with Crippen molar-refractivity contribution < 1.29 is 4.84 Å². The summed E-state index contributed by atoms with van der Waals surface area (Å²) in [7, 11) is 0. The molecule has 0 spiro atoms. The van der Waals surface area contributed by atoms with Crippen LogP contribution >= 0.6 is 0 Å². The van der Waals surface area contributed by atoms with Gasteiger partial charge in [-0.15, -0.1) is 0 Å². The van der Waals surface area contributed by atoms with E-state index in [4.69, 9.17) is 0 Å². The monoisotopic (exact) mass is 83.0 g/mol. The zero-order valence-corrected chi connectivity index (χ0v) is 3.35. The Morgan fingerprint density at radius 2 is 2.83 bits per heavy atom. The molecule has 0 N–H and O–H groups in total. The Bertz CT molecular complexity index is 52.6. The van der Waals surface area contributed by atoms with Gasteiger partial charge in [0.1, 0.15) is 6.61 Å². The third-order valence-electron chi connectivity index (χ3n) is 0.551. The van der Waals surface area contributed by atoms with Crippen molar-refractivity contribution >= 4 is 6.21 Å². The maximum Gasteiger partial charge on any atom is 0.124 e. The fraction of sp³-hybridized carbons (Fsp3) is 0.500. The van der Waals surface area contributed by atoms with Gasteiger partial charge >= 0.3 is 0 Å². The van der Waals surface area contributed by atoms with Gasteiger partial charge < -0.3 is 4.84 Å². The SMILES string of the molecule is [C]1CC=NOC1. The van der Waals surface area contributed by atoms with E-state index in [1.165, 1.54) is 0 Å². The standard InChI is InChI=1S/C4H5NO/c1-2-4-6-5-3-1/h3H,1,4H2. The highest BCUT2D eigenvalue weighted by molar-refractivity contribution is 5.58. The Labute approximate surface area is 36.8 Å². The summed E-state index contributed by atoms with van der Waals surface area (Å²) in [5.74, 6) is 0. The molecule has 1 rings (SSSR count). The fourth-order valence-corrected chi connectivity index (χ4v) is 0.296. The quantitative estimate of drug-likeness (QED) is 0.417. The molecule has 2 radical (unpaired) electrons. The summed E-state index contributed by atoms with van der Waals surface area (Å²) < 4.78 is 0. The van der Waals surface area contributed by atoms with Crippen LogP contribution in [-0.4, -0.2) is 12.8 Å². The molecule has 1 aliphatic heterocycles. The van der Waals surface area contributed by atoms with Crippen LogP contribution in [0.5, 0.6) is 0 Å². The van der Waals surface area contributed by atoms with Crippen molar-refractivity contribution in [1.29, 1.82) is 0 Å². The van der Waals surface area contributed by atoms with E-state index in [-0.39, 0.29) is 0 Å². The molecule has 0 saturated carbocycles. The summed E-state index contributed by atoms with van der Waals surface area (Å²) in [6.07, 6.45) is 5.43. The molecular weight excluding hydrogens is 78.0 g/mol. The predicted molar refractivity (Wildman–Crippen MR) is 22.3 cm³/mol. The topological polar surface area (TPSA) is 21.6 Å². The Morgan fingerprint density at radius 3 is 3.00 bits per heavy atom. The van der Waals surface area contributed by atoms with Crippen molar-refractivity contribution in [3.63, 3.8) is 0 Å². The van der Waals surface area contributed by atoms with Crippen molar-refractivity contribution in [2.75, 3.05) is 6.61 Å². The Morgan fingerprint density at radius 1 is 1.83 bits per heavy atom. The molecule has 2 heteroatoms. The van der Waals surface area contributed by atoms with Gasteiger partial charge in [-0.2, -0.15) is 0 Å². The highest BCUT2D eigenvalue weighted by atomic mass is 16.6. The molecule has 0 amide bonds. The van der Waals surface area contributed by atoms with E-state index in [0.717, 1.165) is 6.42 Å². The van der Waals surface area contributed by atoms with Crippen molar-refractivity contribution in [3.05, 3.63) is 6.42 Å². The highest BCUT2D eigenvalue weighted by Crippen LogP contribution is 1.91. The normalized spacial score (nSPS) is 20.0. The summed E-state index contributed by atoms with van der Waals surface area (Å²) in [5, 5.41) is 3.49. The van der Waals surface area contributed by atoms with Crippen LogP contribution in [0.1, 0.15) is 6.42 Å². The minimum Gasteiger partial charge on any atom is -0.395 e. The lowest BCUT2D eigenvalue weighted by atomic mass is 10.3. The molecule has 6 heavy (non-hydrogen) atoms. The summed E-state index contributed by atoms with van der Waals surface area (Å²) in [6, 6.07) is 0. The number of nitrogens with zero attached hydrogens (tertiary/aromatic N) is 1. The van der Waals surface area contributed by atoms with Gasteiger partial charge in [-0.1, -0.05) is 5.16 Å². The van der Waals surface area contributed by atoms with Crippen LogP contribution < -0.4 is 0 Å². The van der Waals surface area contributed by atoms with E-state index in [0.29, 0.717) is 6.61 Å². The first kappa shape index (κ1) is 3.65. The Hall–Kier alpha value is -0.530. The maximum absolute atomic E-state index is 4.53. The first-order chi connectivity index (χ1) is 3.00. The molecule has 1 aliphatic rings. The summed E-state index contributed by atoms with van der Waals surface area (Å²) in [4.78, 5) is 4.53. The van der Waals surface area contributed by atoms with Gasteiger partial charge in [-0.25, -0.2) is 0 Å². The fourth-order valence-electron chi connectivity index (χ4n) is 0.296. The molecule has 0 aliphatic carbocycles. The molecule has 0 bridgehead atoms. The van der Waals surface area contributed by atoms with Crippen LogP contribution in [0, 0.1) is 6.42 Å². The van der Waals surface area contributed by atoms with Gasteiger partial charge in [0.2, 0.25) is 0 Å². The number of hydrogen-bond acceptors (Lipinski definition) is 2. The molecule has 2 nitrogen and oxygen atoms in total. The number of oxime groups is 1. The molecule has 0 aromatic heterocycles. The lowest BCUT2D eigenvalue weighted by Gasteiger charge is -1.98. The van der Waals surface area contributed by atoms with Gasteiger partial charge in [0.15, 0.2) is 0 Å². The van der Waals surface area contributed by atoms with Gasteiger partial charge in [0, 0.05) is 12.6 Å². The molecule has 0 saturated heterocycles. The second-order valence-electron chi connectivity index (χ2n) is 1.02. The average molecular weight is 83.1 g/mol. The van der Waals surface area contributed by atoms with Gasteiger partial charge in [0.05, 0.1) is 0 Å². The minimum absolute atomic E-state index is 0.552. The van der Waals surface area contributed by atoms with Gasteiger partial charge in [-0.05, 0) is 6.42 Å². The summed E-state index contributed by atoms with van der Waals surface area (Å²) in [6.45, 7) is 0.552. The smallest absolute Gasteiger partial charge is 0.124 e. The van der Waals surface area contributed by atoms with Crippen molar-refractivity contribution in [1.82, 2.24) is 0 Å². The van der Waals surface area contributed by atoms with Crippen LogP contribution in [0.3, 0.4) is 0 Å². The first-order valence-corrected chi connectivity index (χ1v) is 1.84. The van der Waals surface area contributed by atoms with Crippen LogP contribution in [0.15, 0.2) is 5.16 Å². The maximum atomic E-state index is 4.53. The average Bonchev–Trinajstić information content (AvgIpc) is 1.72. The van der Waals surface area contributed by atoms with E-state index in [1.807, 2.05) is 0 Å². The summed E-state index contributed by atoms with van der Waals surface area (Å²) in [5.41, 5.74) is 0. The van der Waals surface area contributed by atoms with Gasteiger partial charge in [0.25, 0.3) is 0 Å². The number of rotatable bonds is 0. The van der Waals surface area contributed by atoms with E-state index in [9.17, 15) is 0 Å². The molecule has 0 atom stereocenters. The molecule has 0 fully saturated rings. The van der Waals surface area contributed by atoms with E-state index < -0.39 is 0 Å². The highest BCUT2D eigenvalue weighted by Gasteiger charge is 1.89. The molecule has 0 aromatic rings. The zero-order chi connectivity index (χ0) is 4.24. The van der Waals surface area contributed by atoms with Crippen molar-refractivity contribution in [2.24, 2.45) is 5.16 Å². The lowest BCUT2D eigenvalue weighted by molar-refractivity contribution is 0.159. The number of hydrogen-bond donors (Lipinski definition) is 0. The third kappa shape index (κ3) is 0.708. The van der Waals surface area contributed by atoms with Crippen molar-refractivity contribution in [2.45, 2.75) is 6.42 Å². The summed E-state index contributed by atoms with van der Waals surface area (Å²) >= 11 is 0. The Balaban J connectivity index is 2.26. The van der Waals surface area contributed by atoms with Gasteiger partial charge in [-0.3, -0.25) is 0 Å². The van der Waals surface area contributed by atoms with Crippen LogP contribution in [0.25, 0.3) is 0 Å². The molecule has 1 heterocycles. The van der Waals surface area contributed by atoms with Crippen LogP contribution in [0.2, 0.25) is 0 Å². The van der Waals surface area contributed by atoms with Crippen LogP contribution in [0.4, 0.5) is 0 Å². The minimum atomic E-state index is 0.552. The second kappa shape index (κ2) is 1.80. The van der Waals surface area contributed by atoms with E-state index in [2.05, 4.69) is 16.4 Å². The molecule has 32 valence electrons. The largest absolute Gasteiger partial charge is 0.395 e. The first-order valence-electron chi connectivity index (χ1n) is 1.84. The van der Waals surface area contributed by atoms with Crippen LogP contribution in [-0.2, 0) is 4.84 Å². The van der Waals surface area contributed by atoms with E-state index >= 15 is 0 Å². The third-order valence-corrected chi connectivity index (χ3v) is 0.551. The second-order valence-corrected chi connectivity index (χ2v) is 1.02. The van der Waals surface area contributed by atoms with E-state index in [1.54, 1.807) is 6.21 Å². The lowest BCUT2D eigenvalue weighted by Crippen LogP contribution is -1.95. The molecule has 0 unspecified atom stereocenters. The predicted octanol–water partition coefficient (Wildman–Crippen LogP) is 0.474. The zero-order valence-electron chi connectivity index (χ0n) is 3.35. The molecule has 0 aromatic carbocycles. The Kier molecular flexibility index (Phi) is 1.10.